The highest BCUT2D eigenvalue weighted by Crippen LogP contribution is 2.36. The minimum absolute atomic E-state index is 0.0140. The van der Waals surface area contributed by atoms with Crippen molar-refractivity contribution in [1.82, 2.24) is 14.9 Å². The molecule has 3 aromatic rings. The van der Waals surface area contributed by atoms with Crippen LogP contribution < -0.4 is 25.2 Å². The topological polar surface area (TPSA) is 140 Å². The largest absolute Gasteiger partial charge is 0.492 e. The Hall–Kier alpha value is -4.42. The summed E-state index contributed by atoms with van der Waals surface area (Å²) in [5.41, 5.74) is 2.73. The van der Waals surface area contributed by atoms with Gasteiger partial charge in [-0.1, -0.05) is 51.1 Å². The summed E-state index contributed by atoms with van der Waals surface area (Å²) in [6, 6.07) is 12.6. The normalized spacial score (nSPS) is 14.8. The lowest BCUT2D eigenvalue weighted by molar-refractivity contribution is -0.134. The fraction of sp³-hybridized carbons (Fsp3) is 0.457. The van der Waals surface area contributed by atoms with Crippen molar-refractivity contribution in [1.29, 1.82) is 0 Å². The lowest BCUT2D eigenvalue weighted by Gasteiger charge is -2.34. The first-order valence-electron chi connectivity index (χ1n) is 16.5. The number of nitrogens with zero attached hydrogens (tertiary/aromatic N) is 5. The van der Waals surface area contributed by atoms with Crippen LogP contribution in [0.2, 0.25) is 5.02 Å². The first-order chi connectivity index (χ1) is 23.1. The van der Waals surface area contributed by atoms with E-state index in [0.717, 1.165) is 69.2 Å². The van der Waals surface area contributed by atoms with Gasteiger partial charge in [0.2, 0.25) is 11.9 Å². The lowest BCUT2D eigenvalue weighted by Crippen LogP contribution is -2.46. The number of carboxylic acids is 1. The maximum Gasteiger partial charge on any atom is 0.330 e. The smallest absolute Gasteiger partial charge is 0.330 e. The molecule has 0 bridgehead atoms. The van der Waals surface area contributed by atoms with E-state index in [2.05, 4.69) is 39.3 Å². The van der Waals surface area contributed by atoms with Crippen LogP contribution in [-0.2, 0) is 16.1 Å². The van der Waals surface area contributed by atoms with E-state index in [9.17, 15) is 9.59 Å². The van der Waals surface area contributed by atoms with E-state index in [0.29, 0.717) is 34.8 Å². The molecule has 1 saturated carbocycles. The third kappa shape index (κ3) is 10.0. The Kier molecular flexibility index (Phi) is 13.4. The van der Waals surface area contributed by atoms with Crippen molar-refractivity contribution >= 4 is 58.3 Å². The van der Waals surface area contributed by atoms with Crippen LogP contribution in [0, 0.1) is 5.92 Å². The summed E-state index contributed by atoms with van der Waals surface area (Å²) < 4.78 is 5.88. The number of urea groups is 1. The minimum Gasteiger partial charge on any atom is -0.492 e. The molecule has 0 spiro atoms. The molecule has 12 nitrogen and oxygen atoms in total. The zero-order valence-corrected chi connectivity index (χ0v) is 28.9. The summed E-state index contributed by atoms with van der Waals surface area (Å²) in [4.78, 5) is 50.1. The molecular formula is C35H46ClN7O5. The second-order valence-electron chi connectivity index (χ2n) is 11.9. The molecule has 1 fully saturated rings. The lowest BCUT2D eigenvalue weighted by atomic mass is 9.99. The molecule has 1 aliphatic heterocycles. The molecular weight excluding hydrogens is 634 g/mol. The number of carboxylic acid groups (broad SMARTS) is 1. The van der Waals surface area contributed by atoms with Crippen LogP contribution in [0.5, 0.6) is 5.75 Å². The quantitative estimate of drug-likeness (QED) is 0.180. The molecule has 5 rings (SSSR count). The molecule has 13 heteroatoms. The maximum absolute atomic E-state index is 13.5. The summed E-state index contributed by atoms with van der Waals surface area (Å²) in [5.74, 6) is 0.909. The number of halogens is 1. The number of amides is 3. The molecule has 3 N–H and O–H groups in total. The Morgan fingerprint density at radius 2 is 1.69 bits per heavy atom. The molecule has 0 saturated heterocycles. The van der Waals surface area contributed by atoms with Gasteiger partial charge in [0.15, 0.2) is 0 Å². The van der Waals surface area contributed by atoms with Gasteiger partial charge in [-0.2, -0.15) is 4.98 Å². The van der Waals surface area contributed by atoms with E-state index < -0.39 is 5.97 Å². The van der Waals surface area contributed by atoms with Crippen LogP contribution >= 0.6 is 11.6 Å². The van der Waals surface area contributed by atoms with E-state index in [-0.39, 0.29) is 24.4 Å². The summed E-state index contributed by atoms with van der Waals surface area (Å²) in [6.07, 6.45) is 8.06. The van der Waals surface area contributed by atoms with E-state index in [1.165, 1.54) is 17.7 Å². The summed E-state index contributed by atoms with van der Waals surface area (Å²) >= 11 is 6.58. The number of aliphatic carboxylic acids is 1. The standard InChI is InChI=1S/C33H42ClN7O3.C2H4O2/c1-4-40(5-2)18-19-44-27-15-12-25(13-16-27)37-32-35-21-24-22-41(33(43)39(3)30(24)38-32)29-20-26(14-17-28(29)34)36-31(42)23-10-8-6-7-9-11-23;1-2(3)4/h12-17,20-21,23H,4-11,18-19,22H2,1-3H3,(H,36,42)(H,35,37,38);1H3,(H,3,4). The average molecular weight is 680 g/mol. The number of fused-ring (bicyclic) bond motifs is 1. The number of aromatic nitrogens is 2. The van der Waals surface area contributed by atoms with Crippen molar-refractivity contribution in [3.05, 3.63) is 59.2 Å². The van der Waals surface area contributed by atoms with Gasteiger partial charge in [0.1, 0.15) is 18.2 Å². The molecule has 0 atom stereocenters. The van der Waals surface area contributed by atoms with Gasteiger partial charge in [-0.05, 0) is 68.4 Å². The maximum atomic E-state index is 13.5. The second-order valence-corrected chi connectivity index (χ2v) is 12.3. The SMILES string of the molecule is CC(=O)O.CCN(CC)CCOc1ccc(Nc2ncc3c(n2)N(C)C(=O)N(c2cc(NC(=O)C4CCCCCC4)ccc2Cl)C3)cc1. The number of benzene rings is 2. The molecule has 258 valence electrons. The highest BCUT2D eigenvalue weighted by atomic mass is 35.5. The van der Waals surface area contributed by atoms with Gasteiger partial charge >= 0.3 is 6.03 Å². The fourth-order valence-electron chi connectivity index (χ4n) is 5.74. The first-order valence-corrected chi connectivity index (χ1v) is 16.9. The molecule has 0 radical (unpaired) electrons. The van der Waals surface area contributed by atoms with Crippen LogP contribution in [-0.4, -0.2) is 71.2 Å². The zero-order chi connectivity index (χ0) is 34.6. The molecule has 2 aromatic carbocycles. The fourth-order valence-corrected chi connectivity index (χ4v) is 5.96. The van der Waals surface area contributed by atoms with E-state index in [1.807, 2.05) is 24.3 Å². The van der Waals surface area contributed by atoms with Gasteiger partial charge in [-0.3, -0.25) is 19.4 Å². The number of hydrogen-bond donors (Lipinski definition) is 3. The van der Waals surface area contributed by atoms with Gasteiger partial charge in [-0.25, -0.2) is 9.78 Å². The summed E-state index contributed by atoms with van der Waals surface area (Å²) in [6.45, 7) is 9.14. The van der Waals surface area contributed by atoms with Crippen LogP contribution in [0.25, 0.3) is 0 Å². The van der Waals surface area contributed by atoms with Crippen molar-refractivity contribution in [3.63, 3.8) is 0 Å². The highest BCUT2D eigenvalue weighted by molar-refractivity contribution is 6.34. The van der Waals surface area contributed by atoms with Gasteiger partial charge in [0.25, 0.3) is 5.97 Å². The van der Waals surface area contributed by atoms with Crippen molar-refractivity contribution < 1.29 is 24.2 Å². The number of nitrogens with one attached hydrogen (secondary N) is 2. The van der Waals surface area contributed by atoms with Crippen LogP contribution in [0.1, 0.15) is 64.9 Å². The predicted molar refractivity (Wildman–Crippen MR) is 190 cm³/mol. The van der Waals surface area contributed by atoms with E-state index in [1.54, 1.807) is 36.3 Å². The first kappa shape index (κ1) is 36.4. The van der Waals surface area contributed by atoms with Gasteiger partial charge in [0.05, 0.1) is 17.3 Å². The summed E-state index contributed by atoms with van der Waals surface area (Å²) in [7, 11) is 1.68. The van der Waals surface area contributed by atoms with Crippen molar-refractivity contribution in [3.8, 4) is 5.75 Å². The van der Waals surface area contributed by atoms with E-state index in [4.69, 9.17) is 26.2 Å². The number of rotatable bonds is 11. The Morgan fingerprint density at radius 3 is 2.33 bits per heavy atom. The molecule has 2 aliphatic rings. The number of hydrogen-bond acceptors (Lipinski definition) is 8. The van der Waals surface area contributed by atoms with Gasteiger partial charge in [-0.15, -0.1) is 0 Å². The number of anilines is 5. The Morgan fingerprint density at radius 1 is 1.04 bits per heavy atom. The van der Waals surface area contributed by atoms with Crippen LogP contribution in [0.4, 0.5) is 33.6 Å². The molecule has 3 amide bonds. The summed E-state index contributed by atoms with van der Waals surface area (Å²) in [5, 5.41) is 14.1. The van der Waals surface area contributed by atoms with Crippen LogP contribution in [0.3, 0.4) is 0 Å². The van der Waals surface area contributed by atoms with Crippen LogP contribution in [0.15, 0.2) is 48.7 Å². The van der Waals surface area contributed by atoms with Gasteiger partial charge < -0.3 is 25.4 Å². The minimum atomic E-state index is -0.833. The van der Waals surface area contributed by atoms with Gasteiger partial charge in [0, 0.05) is 49.6 Å². The monoisotopic (exact) mass is 679 g/mol. The Bertz CT molecular complexity index is 1540. The van der Waals surface area contributed by atoms with E-state index >= 15 is 0 Å². The Balaban J connectivity index is 0.00000123. The highest BCUT2D eigenvalue weighted by Gasteiger charge is 2.32. The molecule has 2 heterocycles. The molecule has 1 aliphatic carbocycles. The molecule has 1 aromatic heterocycles. The molecule has 0 unspecified atom stereocenters. The third-order valence-electron chi connectivity index (χ3n) is 8.42. The molecule has 48 heavy (non-hydrogen) atoms. The van der Waals surface area contributed by atoms with Crippen molar-refractivity contribution in [2.24, 2.45) is 5.92 Å². The average Bonchev–Trinajstić information content (AvgIpc) is 3.37. The third-order valence-corrected chi connectivity index (χ3v) is 8.74. The second kappa shape index (κ2) is 17.7. The number of ether oxygens (including phenoxy) is 1. The number of carbonyl (C=O) groups is 3. The predicted octanol–water partition coefficient (Wildman–Crippen LogP) is 7.17. The van der Waals surface area contributed by atoms with Crippen molar-refractivity contribution in [2.45, 2.75) is 65.8 Å². The number of likely N-dealkylation sites (N-methyl/N-ethyl adjacent to an activating group) is 1. The zero-order valence-electron chi connectivity index (χ0n) is 28.2. The van der Waals surface area contributed by atoms with Crippen molar-refractivity contribution in [2.75, 3.05) is 53.7 Å². The Labute approximate surface area is 287 Å². The number of carbonyl (C=O) groups excluding carboxylic acids is 2.